The summed E-state index contributed by atoms with van der Waals surface area (Å²) in [4.78, 5) is 14.4. The molecule has 1 aliphatic carbocycles. The summed E-state index contributed by atoms with van der Waals surface area (Å²) in [6.07, 6.45) is 3.14. The lowest BCUT2D eigenvalue weighted by Crippen LogP contribution is -2.32. The van der Waals surface area contributed by atoms with Gasteiger partial charge in [0.2, 0.25) is 0 Å². The molecule has 3 rings (SSSR count). The van der Waals surface area contributed by atoms with Crippen LogP contribution in [0.4, 0.5) is 4.39 Å². The maximum Gasteiger partial charge on any atom is 0.255 e. The number of nitrogens with two attached hydrogens (primary N) is 1. The first-order chi connectivity index (χ1) is 9.54. The Bertz CT molecular complexity index is 537. The van der Waals surface area contributed by atoms with Gasteiger partial charge in [-0.3, -0.25) is 4.79 Å². The van der Waals surface area contributed by atoms with Crippen LogP contribution < -0.4 is 5.73 Å². The summed E-state index contributed by atoms with van der Waals surface area (Å²) in [7, 11) is 0. The maximum absolute atomic E-state index is 13.3. The first-order valence-corrected chi connectivity index (χ1v) is 7.84. The van der Waals surface area contributed by atoms with Crippen LogP contribution in [0.2, 0.25) is 0 Å². The second-order valence-electron chi connectivity index (χ2n) is 5.93. The summed E-state index contributed by atoms with van der Waals surface area (Å²) < 4.78 is 14.0. The second kappa shape index (κ2) is 5.45. The first-order valence-electron chi connectivity index (χ1n) is 7.04. The minimum absolute atomic E-state index is 0.0839. The number of likely N-dealkylation sites (tertiary alicyclic amines) is 1. The number of fused-ring (bicyclic) bond motifs is 1. The van der Waals surface area contributed by atoms with E-state index >= 15 is 0 Å². The van der Waals surface area contributed by atoms with E-state index in [9.17, 15) is 9.18 Å². The van der Waals surface area contributed by atoms with Gasteiger partial charge >= 0.3 is 0 Å². The van der Waals surface area contributed by atoms with E-state index in [1.165, 1.54) is 12.1 Å². The van der Waals surface area contributed by atoms with Gasteiger partial charge in [0, 0.05) is 23.6 Å². The van der Waals surface area contributed by atoms with Crippen LogP contribution in [0.1, 0.15) is 29.6 Å². The molecular weight excluding hydrogens is 323 g/mol. The van der Waals surface area contributed by atoms with Crippen LogP contribution >= 0.6 is 15.9 Å². The van der Waals surface area contributed by atoms with Crippen LogP contribution in [0, 0.1) is 17.7 Å². The zero-order valence-electron chi connectivity index (χ0n) is 11.2. The Morgan fingerprint density at radius 2 is 2.05 bits per heavy atom. The largest absolute Gasteiger partial charge is 0.338 e. The zero-order chi connectivity index (χ0) is 14.3. The molecule has 3 nitrogen and oxygen atoms in total. The summed E-state index contributed by atoms with van der Waals surface area (Å²) in [6, 6.07) is 4.51. The van der Waals surface area contributed by atoms with Crippen LogP contribution in [0.15, 0.2) is 22.7 Å². The molecule has 0 aromatic heterocycles. The number of halogens is 2. The maximum atomic E-state index is 13.3. The number of benzene rings is 1. The fourth-order valence-electron chi connectivity index (χ4n) is 3.47. The van der Waals surface area contributed by atoms with Gasteiger partial charge in [0.05, 0.1) is 5.56 Å². The Balaban J connectivity index is 1.77. The molecule has 1 aromatic carbocycles. The van der Waals surface area contributed by atoms with E-state index in [1.54, 1.807) is 6.07 Å². The van der Waals surface area contributed by atoms with Crippen molar-refractivity contribution >= 4 is 21.8 Å². The van der Waals surface area contributed by atoms with Crippen molar-refractivity contribution in [3.8, 4) is 0 Å². The summed E-state index contributed by atoms with van der Waals surface area (Å²) >= 11 is 3.33. The SMILES string of the molecule is NC1CC[C@@H]2CN(C(=O)c3cc(F)ccc3Br)C[C@@H]2C1. The lowest BCUT2D eigenvalue weighted by atomic mass is 9.79. The molecule has 1 saturated heterocycles. The molecule has 5 heteroatoms. The van der Waals surface area contributed by atoms with Crippen LogP contribution in [-0.4, -0.2) is 29.9 Å². The van der Waals surface area contributed by atoms with Crippen molar-refractivity contribution in [2.75, 3.05) is 13.1 Å². The third-order valence-electron chi connectivity index (χ3n) is 4.54. The van der Waals surface area contributed by atoms with E-state index in [0.29, 0.717) is 21.9 Å². The molecule has 3 atom stereocenters. The highest BCUT2D eigenvalue weighted by Gasteiger charge is 2.39. The monoisotopic (exact) mass is 340 g/mol. The second-order valence-corrected chi connectivity index (χ2v) is 6.78. The Hall–Kier alpha value is -0.940. The normalized spacial score (nSPS) is 29.4. The van der Waals surface area contributed by atoms with Crippen LogP contribution in [0.5, 0.6) is 0 Å². The van der Waals surface area contributed by atoms with E-state index in [4.69, 9.17) is 5.73 Å². The average Bonchev–Trinajstić information content (AvgIpc) is 2.83. The molecule has 1 aromatic rings. The number of nitrogens with zero attached hydrogens (tertiary/aromatic N) is 1. The fourth-order valence-corrected chi connectivity index (χ4v) is 3.88. The highest BCUT2D eigenvalue weighted by Crippen LogP contribution is 2.36. The Labute approximate surface area is 126 Å². The average molecular weight is 341 g/mol. The highest BCUT2D eigenvalue weighted by molar-refractivity contribution is 9.10. The molecule has 1 heterocycles. The van der Waals surface area contributed by atoms with Gasteiger partial charge < -0.3 is 10.6 Å². The van der Waals surface area contributed by atoms with Gasteiger partial charge in [-0.15, -0.1) is 0 Å². The predicted octanol–water partition coefficient (Wildman–Crippen LogP) is 2.79. The third kappa shape index (κ3) is 2.61. The summed E-state index contributed by atoms with van der Waals surface area (Å²) in [5.74, 6) is 0.607. The van der Waals surface area contributed by atoms with Crippen molar-refractivity contribution in [1.82, 2.24) is 4.90 Å². The molecular formula is C15H18BrFN2O. The molecule has 1 unspecified atom stereocenters. The number of carbonyl (C=O) groups excluding carboxylic acids is 1. The minimum Gasteiger partial charge on any atom is -0.338 e. The van der Waals surface area contributed by atoms with E-state index in [-0.39, 0.29) is 17.8 Å². The third-order valence-corrected chi connectivity index (χ3v) is 5.23. The Morgan fingerprint density at radius 3 is 2.85 bits per heavy atom. The van der Waals surface area contributed by atoms with Gasteiger partial charge in [-0.1, -0.05) is 0 Å². The topological polar surface area (TPSA) is 46.3 Å². The molecule has 0 bridgehead atoms. The molecule has 1 aliphatic heterocycles. The van der Waals surface area contributed by atoms with Crippen molar-refractivity contribution in [3.05, 3.63) is 34.1 Å². The van der Waals surface area contributed by atoms with E-state index in [0.717, 1.165) is 32.4 Å². The minimum atomic E-state index is -0.379. The summed E-state index contributed by atoms with van der Waals surface area (Å²) in [6.45, 7) is 1.53. The van der Waals surface area contributed by atoms with Gasteiger partial charge in [0.1, 0.15) is 5.82 Å². The van der Waals surface area contributed by atoms with E-state index in [2.05, 4.69) is 15.9 Å². The fraction of sp³-hybridized carbons (Fsp3) is 0.533. The van der Waals surface area contributed by atoms with Crippen molar-refractivity contribution in [3.63, 3.8) is 0 Å². The van der Waals surface area contributed by atoms with Gasteiger partial charge in [-0.2, -0.15) is 0 Å². The standard InChI is InChI=1S/C15H18BrFN2O/c16-14-4-2-11(17)6-13(14)15(20)19-7-9-1-3-12(18)5-10(9)8-19/h2,4,6,9-10,12H,1,3,5,7-8,18H2/t9-,10+,12?/m1/s1. The molecule has 0 spiro atoms. The number of carbonyl (C=O) groups is 1. The quantitative estimate of drug-likeness (QED) is 0.854. The van der Waals surface area contributed by atoms with Gasteiger partial charge in [-0.05, 0) is 65.2 Å². The summed E-state index contributed by atoms with van der Waals surface area (Å²) in [5, 5.41) is 0. The molecule has 1 amide bonds. The van der Waals surface area contributed by atoms with Crippen LogP contribution in [-0.2, 0) is 0 Å². The van der Waals surface area contributed by atoms with E-state index < -0.39 is 0 Å². The zero-order valence-corrected chi connectivity index (χ0v) is 12.8. The number of rotatable bonds is 1. The Morgan fingerprint density at radius 1 is 1.30 bits per heavy atom. The molecule has 2 N–H and O–H groups in total. The van der Waals surface area contributed by atoms with Crippen molar-refractivity contribution < 1.29 is 9.18 Å². The molecule has 2 aliphatic rings. The van der Waals surface area contributed by atoms with E-state index in [1.807, 2.05) is 4.90 Å². The van der Waals surface area contributed by atoms with Crippen LogP contribution in [0.25, 0.3) is 0 Å². The lowest BCUT2D eigenvalue weighted by molar-refractivity contribution is 0.0782. The molecule has 0 radical (unpaired) electrons. The number of hydrogen-bond acceptors (Lipinski definition) is 2. The molecule has 2 fully saturated rings. The number of amides is 1. The Kier molecular flexibility index (Phi) is 3.82. The number of hydrogen-bond donors (Lipinski definition) is 1. The van der Waals surface area contributed by atoms with Gasteiger partial charge in [0.25, 0.3) is 5.91 Å². The van der Waals surface area contributed by atoms with Crippen LogP contribution in [0.3, 0.4) is 0 Å². The molecule has 1 saturated carbocycles. The lowest BCUT2D eigenvalue weighted by Gasteiger charge is -2.27. The van der Waals surface area contributed by atoms with Crippen molar-refractivity contribution in [2.24, 2.45) is 17.6 Å². The smallest absolute Gasteiger partial charge is 0.255 e. The first kappa shape index (κ1) is 14.0. The highest BCUT2D eigenvalue weighted by atomic mass is 79.9. The molecule has 108 valence electrons. The summed E-state index contributed by atoms with van der Waals surface area (Å²) in [5.41, 5.74) is 6.42. The van der Waals surface area contributed by atoms with Gasteiger partial charge in [0.15, 0.2) is 0 Å². The van der Waals surface area contributed by atoms with Crippen molar-refractivity contribution in [1.29, 1.82) is 0 Å². The molecule has 20 heavy (non-hydrogen) atoms. The predicted molar refractivity (Wildman–Crippen MR) is 78.8 cm³/mol. The van der Waals surface area contributed by atoms with Gasteiger partial charge in [-0.25, -0.2) is 4.39 Å². The van der Waals surface area contributed by atoms with Crippen molar-refractivity contribution in [2.45, 2.75) is 25.3 Å².